The lowest BCUT2D eigenvalue weighted by molar-refractivity contribution is -0.141. The number of carboxylic acid groups (broad SMARTS) is 1. The average Bonchev–Trinajstić information content (AvgIpc) is 2.45. The summed E-state index contributed by atoms with van der Waals surface area (Å²) in [5.41, 5.74) is 0. The zero-order chi connectivity index (χ0) is 17.6. The van der Waals surface area contributed by atoms with Crippen molar-refractivity contribution in [2.24, 2.45) is 0 Å². The maximum absolute atomic E-state index is 12.1. The molecular formula is C13H25N3O6S. The number of hydrogen-bond acceptors (Lipinski definition) is 6. The third-order valence-electron chi connectivity index (χ3n) is 3.96. The SMILES string of the molecule is CCN(CC(=O)O)C1CC(NS(=O)(=O)N(C)CCC(=O)OC)C1. The van der Waals surface area contributed by atoms with E-state index in [0.29, 0.717) is 19.4 Å². The maximum Gasteiger partial charge on any atom is 0.317 e. The molecule has 0 heterocycles. The van der Waals surface area contributed by atoms with Gasteiger partial charge in [0.1, 0.15) is 0 Å². The number of carbonyl (C=O) groups is 2. The number of nitrogens with zero attached hydrogens (tertiary/aromatic N) is 2. The van der Waals surface area contributed by atoms with E-state index >= 15 is 0 Å². The number of esters is 1. The number of ether oxygens (including phenoxy) is 1. The molecule has 1 aliphatic rings. The molecule has 0 aromatic rings. The fourth-order valence-electron chi connectivity index (χ4n) is 2.43. The molecule has 0 radical (unpaired) electrons. The molecule has 23 heavy (non-hydrogen) atoms. The Morgan fingerprint density at radius 2 is 1.96 bits per heavy atom. The second-order valence-electron chi connectivity index (χ2n) is 5.55. The molecule has 0 spiro atoms. The molecule has 0 aromatic carbocycles. The van der Waals surface area contributed by atoms with Crippen LogP contribution >= 0.6 is 0 Å². The van der Waals surface area contributed by atoms with Gasteiger partial charge in [0.05, 0.1) is 20.1 Å². The first-order valence-electron chi connectivity index (χ1n) is 7.45. The molecule has 0 unspecified atom stereocenters. The molecule has 2 N–H and O–H groups in total. The van der Waals surface area contributed by atoms with Gasteiger partial charge in [-0.05, 0) is 19.4 Å². The minimum atomic E-state index is -3.66. The first-order valence-corrected chi connectivity index (χ1v) is 8.89. The van der Waals surface area contributed by atoms with E-state index in [4.69, 9.17) is 5.11 Å². The van der Waals surface area contributed by atoms with Crippen LogP contribution in [0.1, 0.15) is 26.2 Å². The van der Waals surface area contributed by atoms with Crippen molar-refractivity contribution in [2.45, 2.75) is 38.3 Å². The Hall–Kier alpha value is -1.23. The molecule has 134 valence electrons. The highest BCUT2D eigenvalue weighted by Gasteiger charge is 2.36. The first-order chi connectivity index (χ1) is 10.7. The van der Waals surface area contributed by atoms with Crippen LogP contribution < -0.4 is 4.72 Å². The third kappa shape index (κ3) is 6.05. The average molecular weight is 351 g/mol. The number of carboxylic acids is 1. The molecule has 0 saturated heterocycles. The van der Waals surface area contributed by atoms with E-state index in [0.717, 1.165) is 4.31 Å². The summed E-state index contributed by atoms with van der Waals surface area (Å²) < 4.78 is 32.3. The molecule has 1 rings (SSSR count). The summed E-state index contributed by atoms with van der Waals surface area (Å²) in [5.74, 6) is -1.36. The van der Waals surface area contributed by atoms with Crippen molar-refractivity contribution >= 4 is 22.1 Å². The third-order valence-corrected chi connectivity index (χ3v) is 5.59. The Kier molecular flexibility index (Phi) is 7.39. The van der Waals surface area contributed by atoms with Gasteiger partial charge in [0.15, 0.2) is 0 Å². The summed E-state index contributed by atoms with van der Waals surface area (Å²) in [7, 11) is -1.02. The molecule has 0 aliphatic heterocycles. The predicted octanol–water partition coefficient (Wildman–Crippen LogP) is -0.747. The second-order valence-corrected chi connectivity index (χ2v) is 7.36. The van der Waals surface area contributed by atoms with Gasteiger partial charge < -0.3 is 9.84 Å². The number of nitrogens with one attached hydrogen (secondary N) is 1. The van der Waals surface area contributed by atoms with Crippen molar-refractivity contribution in [3.8, 4) is 0 Å². The lowest BCUT2D eigenvalue weighted by Crippen LogP contribution is -2.56. The molecule has 9 nitrogen and oxygen atoms in total. The van der Waals surface area contributed by atoms with Crippen LogP contribution in [0.5, 0.6) is 0 Å². The largest absolute Gasteiger partial charge is 0.480 e. The van der Waals surface area contributed by atoms with E-state index < -0.39 is 22.1 Å². The van der Waals surface area contributed by atoms with Crippen molar-refractivity contribution in [1.82, 2.24) is 13.9 Å². The van der Waals surface area contributed by atoms with Crippen LogP contribution in [0.15, 0.2) is 0 Å². The molecule has 1 aliphatic carbocycles. The van der Waals surface area contributed by atoms with Gasteiger partial charge in [0.25, 0.3) is 10.2 Å². The lowest BCUT2D eigenvalue weighted by Gasteiger charge is -2.42. The Bertz CT molecular complexity index is 518. The number of rotatable bonds is 10. The van der Waals surface area contributed by atoms with Crippen molar-refractivity contribution in [3.63, 3.8) is 0 Å². The quantitative estimate of drug-likeness (QED) is 0.498. The van der Waals surface area contributed by atoms with Crippen LogP contribution in [-0.2, 0) is 24.5 Å². The van der Waals surface area contributed by atoms with E-state index in [9.17, 15) is 18.0 Å². The zero-order valence-electron chi connectivity index (χ0n) is 13.7. The number of methoxy groups -OCH3 is 1. The monoisotopic (exact) mass is 351 g/mol. The molecule has 1 saturated carbocycles. The summed E-state index contributed by atoms with van der Waals surface area (Å²) in [5, 5.41) is 8.84. The molecule has 0 amide bonds. The Morgan fingerprint density at radius 1 is 1.35 bits per heavy atom. The van der Waals surface area contributed by atoms with Gasteiger partial charge in [0, 0.05) is 25.7 Å². The van der Waals surface area contributed by atoms with Crippen LogP contribution in [0.2, 0.25) is 0 Å². The molecule has 10 heteroatoms. The predicted molar refractivity (Wildman–Crippen MR) is 83.0 cm³/mol. The smallest absolute Gasteiger partial charge is 0.317 e. The van der Waals surface area contributed by atoms with Crippen LogP contribution in [0.4, 0.5) is 0 Å². The van der Waals surface area contributed by atoms with Gasteiger partial charge in [-0.3, -0.25) is 14.5 Å². The number of likely N-dealkylation sites (N-methyl/N-ethyl adjacent to an activating group) is 1. The van der Waals surface area contributed by atoms with Gasteiger partial charge >= 0.3 is 11.9 Å². The Balaban J connectivity index is 2.42. The van der Waals surface area contributed by atoms with Crippen LogP contribution in [0.25, 0.3) is 0 Å². The molecule has 0 atom stereocenters. The normalized spacial score (nSPS) is 21.3. The van der Waals surface area contributed by atoms with Crippen molar-refractivity contribution in [3.05, 3.63) is 0 Å². The topological polar surface area (TPSA) is 116 Å². The Morgan fingerprint density at radius 3 is 2.43 bits per heavy atom. The van der Waals surface area contributed by atoms with Crippen LogP contribution in [0, 0.1) is 0 Å². The van der Waals surface area contributed by atoms with Gasteiger partial charge in [-0.1, -0.05) is 6.92 Å². The highest BCUT2D eigenvalue weighted by molar-refractivity contribution is 7.87. The first kappa shape index (κ1) is 19.8. The summed E-state index contributed by atoms with van der Waals surface area (Å²) >= 11 is 0. The number of aliphatic carboxylic acids is 1. The second kappa shape index (κ2) is 8.57. The van der Waals surface area contributed by atoms with Crippen LogP contribution in [0.3, 0.4) is 0 Å². The highest BCUT2D eigenvalue weighted by Crippen LogP contribution is 2.26. The summed E-state index contributed by atoms with van der Waals surface area (Å²) in [4.78, 5) is 23.6. The number of hydrogen-bond donors (Lipinski definition) is 2. The van der Waals surface area contributed by atoms with Gasteiger partial charge in [-0.2, -0.15) is 17.4 Å². The molecule has 0 aromatic heterocycles. The van der Waals surface area contributed by atoms with Gasteiger partial charge in [0.2, 0.25) is 0 Å². The van der Waals surface area contributed by atoms with Crippen molar-refractivity contribution in [1.29, 1.82) is 0 Å². The standard InChI is InChI=1S/C13H25N3O6S/c1-4-16(9-12(17)18)11-7-10(8-11)14-23(20,21)15(2)6-5-13(19)22-3/h10-11,14H,4-9H2,1-3H3,(H,17,18). The lowest BCUT2D eigenvalue weighted by atomic mass is 9.86. The van der Waals surface area contributed by atoms with E-state index in [1.165, 1.54) is 14.2 Å². The van der Waals surface area contributed by atoms with E-state index in [1.807, 2.05) is 11.8 Å². The highest BCUT2D eigenvalue weighted by atomic mass is 32.2. The molecule has 0 bridgehead atoms. The van der Waals surface area contributed by atoms with Crippen molar-refractivity contribution < 1.29 is 27.9 Å². The van der Waals surface area contributed by atoms with Crippen molar-refractivity contribution in [2.75, 3.05) is 33.8 Å². The van der Waals surface area contributed by atoms with Gasteiger partial charge in [-0.25, -0.2) is 0 Å². The van der Waals surface area contributed by atoms with Gasteiger partial charge in [-0.15, -0.1) is 0 Å². The fourth-order valence-corrected chi connectivity index (χ4v) is 3.55. The minimum Gasteiger partial charge on any atom is -0.480 e. The van der Waals surface area contributed by atoms with E-state index in [1.54, 1.807) is 0 Å². The van der Waals surface area contributed by atoms with E-state index in [2.05, 4.69) is 9.46 Å². The van der Waals surface area contributed by atoms with Crippen LogP contribution in [-0.4, -0.2) is 80.5 Å². The fraction of sp³-hybridized carbons (Fsp3) is 0.846. The zero-order valence-corrected chi connectivity index (χ0v) is 14.5. The summed E-state index contributed by atoms with van der Waals surface area (Å²) in [6.45, 7) is 2.48. The van der Waals surface area contributed by atoms with E-state index in [-0.39, 0.29) is 31.6 Å². The maximum atomic E-state index is 12.1. The summed E-state index contributed by atoms with van der Waals surface area (Å²) in [6, 6.07) is -0.141. The number of carbonyl (C=O) groups excluding carboxylic acids is 1. The Labute approximate surface area is 136 Å². The molecular weight excluding hydrogens is 326 g/mol. The molecule has 1 fully saturated rings. The minimum absolute atomic E-state index is 0.0105. The summed E-state index contributed by atoms with van der Waals surface area (Å²) in [6.07, 6.45) is 1.14.